The number of alkyl halides is 1. The molecule has 3 aromatic rings. The molecule has 10 heteroatoms. The molecule has 2 aromatic carbocycles. The largest absolute Gasteiger partial charge is 0.454 e. The molecule has 0 aliphatic carbocycles. The highest BCUT2D eigenvalue weighted by atomic mass is 19.1. The van der Waals surface area contributed by atoms with Crippen LogP contribution in [-0.2, 0) is 6.54 Å². The molecule has 7 nitrogen and oxygen atoms in total. The van der Waals surface area contributed by atoms with Gasteiger partial charge in [0, 0.05) is 43.5 Å². The van der Waals surface area contributed by atoms with Gasteiger partial charge in [-0.1, -0.05) is 0 Å². The van der Waals surface area contributed by atoms with Crippen LogP contribution in [-0.4, -0.2) is 61.9 Å². The Balaban J connectivity index is 1.54. The Morgan fingerprint density at radius 2 is 1.83 bits per heavy atom. The van der Waals surface area contributed by atoms with Crippen molar-refractivity contribution < 1.29 is 27.4 Å². The van der Waals surface area contributed by atoms with Crippen LogP contribution in [0.1, 0.15) is 15.9 Å². The van der Waals surface area contributed by atoms with Gasteiger partial charge in [0.05, 0.1) is 17.4 Å². The standard InChI is InChI=1S/C26H24F3N3O4/c1-30-8-10-31(11-9-30)25-19(28)13-18-24(23(25)29)32(7-6-27)14-17(26(18)34)2-4-20(33)16-3-5-21-22(12-16)36-15-35-21/h2-5,12-14H,6-11,15H2,1H3/b4-2+. The molecule has 0 saturated carbocycles. The zero-order chi connectivity index (χ0) is 25.4. The fraction of sp³-hybridized carbons (Fsp3) is 0.308. The van der Waals surface area contributed by atoms with Crippen LogP contribution in [0.2, 0.25) is 0 Å². The number of halogens is 3. The first-order valence-corrected chi connectivity index (χ1v) is 11.5. The minimum absolute atomic E-state index is 0.0104. The number of carbonyl (C=O) groups excluding carboxylic acids is 1. The van der Waals surface area contributed by atoms with Crippen LogP contribution in [0.5, 0.6) is 11.5 Å². The molecule has 0 radical (unpaired) electrons. The number of piperazine rings is 1. The molecule has 1 fully saturated rings. The number of aromatic nitrogens is 1. The van der Waals surface area contributed by atoms with Crippen LogP contribution in [0.25, 0.3) is 17.0 Å². The zero-order valence-corrected chi connectivity index (χ0v) is 19.6. The fourth-order valence-corrected chi connectivity index (χ4v) is 4.52. The summed E-state index contributed by atoms with van der Waals surface area (Å²) in [5.41, 5.74) is -0.709. The first-order valence-electron chi connectivity index (χ1n) is 11.5. The zero-order valence-electron chi connectivity index (χ0n) is 19.6. The Morgan fingerprint density at radius 1 is 1.08 bits per heavy atom. The van der Waals surface area contributed by atoms with Gasteiger partial charge in [-0.3, -0.25) is 9.59 Å². The molecule has 1 saturated heterocycles. The lowest BCUT2D eigenvalue weighted by atomic mass is 10.1. The molecule has 0 atom stereocenters. The number of pyridine rings is 1. The summed E-state index contributed by atoms with van der Waals surface area (Å²) in [5, 5.41) is -0.214. The molecule has 2 aliphatic heterocycles. The van der Waals surface area contributed by atoms with Crippen LogP contribution < -0.4 is 19.8 Å². The first kappa shape index (κ1) is 23.9. The number of rotatable bonds is 6. The highest BCUT2D eigenvalue weighted by molar-refractivity contribution is 6.07. The first-order chi connectivity index (χ1) is 17.4. The number of ketones is 1. The Morgan fingerprint density at radius 3 is 2.58 bits per heavy atom. The van der Waals surface area contributed by atoms with Gasteiger partial charge in [0.1, 0.15) is 18.2 Å². The summed E-state index contributed by atoms with van der Waals surface area (Å²) in [4.78, 5) is 29.5. The number of anilines is 1. The van der Waals surface area contributed by atoms with E-state index in [0.717, 1.165) is 6.07 Å². The van der Waals surface area contributed by atoms with Gasteiger partial charge in [-0.05, 0) is 43.5 Å². The molecule has 3 heterocycles. The molecule has 1 aromatic heterocycles. The van der Waals surface area contributed by atoms with Crippen molar-refractivity contribution in [3.63, 3.8) is 0 Å². The van der Waals surface area contributed by atoms with E-state index < -0.39 is 29.5 Å². The third-order valence-electron chi connectivity index (χ3n) is 6.47. The van der Waals surface area contributed by atoms with E-state index in [-0.39, 0.29) is 35.5 Å². The van der Waals surface area contributed by atoms with Crippen LogP contribution in [0.15, 0.2) is 41.3 Å². The summed E-state index contributed by atoms with van der Waals surface area (Å²) < 4.78 is 56.0. The second kappa shape index (κ2) is 9.69. The molecule has 36 heavy (non-hydrogen) atoms. The summed E-state index contributed by atoms with van der Waals surface area (Å²) in [6, 6.07) is 5.70. The number of allylic oxidation sites excluding steroid dienone is 1. The van der Waals surface area contributed by atoms with E-state index in [1.165, 1.54) is 29.0 Å². The molecular weight excluding hydrogens is 475 g/mol. The number of likely N-dealkylation sites (N-methyl/N-ethyl adjacent to an activating group) is 1. The molecule has 2 aliphatic rings. The maximum Gasteiger partial charge on any atom is 0.231 e. The average molecular weight is 499 g/mol. The monoisotopic (exact) mass is 499 g/mol. The van der Waals surface area contributed by atoms with E-state index in [1.807, 2.05) is 7.05 Å². The van der Waals surface area contributed by atoms with Gasteiger partial charge in [-0.15, -0.1) is 0 Å². The quantitative estimate of drug-likeness (QED) is 0.381. The summed E-state index contributed by atoms with van der Waals surface area (Å²) in [5.74, 6) is -1.20. The predicted molar refractivity (Wildman–Crippen MR) is 130 cm³/mol. The smallest absolute Gasteiger partial charge is 0.231 e. The second-order valence-corrected chi connectivity index (χ2v) is 8.77. The normalized spacial score (nSPS) is 15.8. The van der Waals surface area contributed by atoms with Gasteiger partial charge in [0.25, 0.3) is 0 Å². The van der Waals surface area contributed by atoms with E-state index in [9.17, 15) is 14.0 Å². The number of nitrogens with zero attached hydrogens (tertiary/aromatic N) is 3. The van der Waals surface area contributed by atoms with Crippen LogP contribution in [0.4, 0.5) is 18.9 Å². The number of aryl methyl sites for hydroxylation is 1. The molecule has 0 bridgehead atoms. The van der Waals surface area contributed by atoms with E-state index in [1.54, 1.807) is 17.0 Å². The van der Waals surface area contributed by atoms with Crippen molar-refractivity contribution in [3.05, 3.63) is 69.5 Å². The van der Waals surface area contributed by atoms with Crippen molar-refractivity contribution in [2.75, 3.05) is 51.6 Å². The van der Waals surface area contributed by atoms with Crippen molar-refractivity contribution in [1.29, 1.82) is 0 Å². The molecule has 5 rings (SSSR count). The Bertz CT molecular complexity index is 1430. The predicted octanol–water partition coefficient (Wildman–Crippen LogP) is 3.63. The highest BCUT2D eigenvalue weighted by Gasteiger charge is 2.25. The lowest BCUT2D eigenvalue weighted by Crippen LogP contribution is -2.45. The lowest BCUT2D eigenvalue weighted by Gasteiger charge is -2.34. The average Bonchev–Trinajstić information content (AvgIpc) is 3.34. The molecule has 0 amide bonds. The van der Waals surface area contributed by atoms with Crippen LogP contribution in [0.3, 0.4) is 0 Å². The van der Waals surface area contributed by atoms with Gasteiger partial charge in [-0.2, -0.15) is 0 Å². The Labute approximate surface area is 204 Å². The fourth-order valence-electron chi connectivity index (χ4n) is 4.52. The molecule has 0 N–H and O–H groups in total. The van der Waals surface area contributed by atoms with Gasteiger partial charge in [-0.25, -0.2) is 13.2 Å². The molecule has 188 valence electrons. The molecular formula is C26H24F3N3O4. The maximum absolute atomic E-state index is 15.7. The van der Waals surface area contributed by atoms with E-state index in [2.05, 4.69) is 4.90 Å². The van der Waals surface area contributed by atoms with Crippen molar-refractivity contribution in [1.82, 2.24) is 9.47 Å². The summed E-state index contributed by atoms with van der Waals surface area (Å²) in [6.45, 7) is 1.12. The number of carbonyl (C=O) groups is 1. The summed E-state index contributed by atoms with van der Waals surface area (Å²) in [7, 11) is 1.93. The van der Waals surface area contributed by atoms with Gasteiger partial charge >= 0.3 is 0 Å². The Kier molecular flexibility index (Phi) is 6.44. The van der Waals surface area contributed by atoms with Crippen LogP contribution in [0, 0.1) is 11.6 Å². The van der Waals surface area contributed by atoms with E-state index in [0.29, 0.717) is 43.2 Å². The maximum atomic E-state index is 15.7. The van der Waals surface area contributed by atoms with Crippen molar-refractivity contribution in [3.8, 4) is 11.5 Å². The SMILES string of the molecule is CN1CCN(c2c(F)cc3c(=O)c(/C=C/C(=O)c4ccc5c(c4)OCO5)cn(CCF)c3c2F)CC1. The van der Waals surface area contributed by atoms with Gasteiger partial charge in [0.2, 0.25) is 6.79 Å². The highest BCUT2D eigenvalue weighted by Crippen LogP contribution is 2.33. The number of hydrogen-bond donors (Lipinski definition) is 0. The van der Waals surface area contributed by atoms with Gasteiger partial charge < -0.3 is 23.8 Å². The van der Waals surface area contributed by atoms with Crippen molar-refractivity contribution >= 4 is 28.4 Å². The van der Waals surface area contributed by atoms with E-state index >= 15 is 8.78 Å². The number of hydrogen-bond acceptors (Lipinski definition) is 6. The van der Waals surface area contributed by atoms with Crippen LogP contribution >= 0.6 is 0 Å². The Hall–Kier alpha value is -3.79. The van der Waals surface area contributed by atoms with Crippen molar-refractivity contribution in [2.45, 2.75) is 6.54 Å². The molecule has 0 unspecified atom stereocenters. The number of ether oxygens (including phenoxy) is 2. The third kappa shape index (κ3) is 4.32. The minimum Gasteiger partial charge on any atom is -0.454 e. The molecule has 0 spiro atoms. The summed E-state index contributed by atoms with van der Waals surface area (Å²) >= 11 is 0. The topological polar surface area (TPSA) is 64.0 Å². The lowest BCUT2D eigenvalue weighted by molar-refractivity contribution is 0.104. The van der Waals surface area contributed by atoms with Gasteiger partial charge in [0.15, 0.2) is 28.5 Å². The minimum atomic E-state index is -0.896. The number of benzene rings is 2. The third-order valence-corrected chi connectivity index (χ3v) is 6.47. The number of fused-ring (bicyclic) bond motifs is 2. The van der Waals surface area contributed by atoms with E-state index in [4.69, 9.17) is 9.47 Å². The summed E-state index contributed by atoms with van der Waals surface area (Å²) in [6.07, 6.45) is 3.75. The second-order valence-electron chi connectivity index (χ2n) is 8.77. The van der Waals surface area contributed by atoms with Crippen molar-refractivity contribution in [2.24, 2.45) is 0 Å².